The number of anilines is 2. The molecular formula is C21H23N5O4S2. The summed E-state index contributed by atoms with van der Waals surface area (Å²) < 4.78 is 31.2. The molecule has 0 bridgehead atoms. The molecule has 9 nitrogen and oxygen atoms in total. The van der Waals surface area contributed by atoms with E-state index in [1.54, 1.807) is 6.07 Å². The summed E-state index contributed by atoms with van der Waals surface area (Å²) in [6, 6.07) is 10.2. The van der Waals surface area contributed by atoms with Gasteiger partial charge in [0, 0.05) is 18.0 Å². The van der Waals surface area contributed by atoms with Crippen LogP contribution in [0.25, 0.3) is 22.3 Å². The van der Waals surface area contributed by atoms with Crippen LogP contribution in [-0.2, 0) is 23.7 Å². The molecule has 0 unspecified atom stereocenters. The highest BCUT2D eigenvalue weighted by molar-refractivity contribution is 7.89. The number of thiazole rings is 1. The Kier molecular flexibility index (Phi) is 5.91. The van der Waals surface area contributed by atoms with Gasteiger partial charge >= 0.3 is 0 Å². The summed E-state index contributed by atoms with van der Waals surface area (Å²) in [5, 5.41) is 20.3. The fourth-order valence-electron chi connectivity index (χ4n) is 3.27. The maximum absolute atomic E-state index is 11.8. The summed E-state index contributed by atoms with van der Waals surface area (Å²) in [6.45, 7) is 3.63. The molecule has 4 aromatic rings. The number of imidazole rings is 1. The number of aromatic nitrogens is 3. The third-order valence-corrected chi connectivity index (χ3v) is 6.47. The third-order valence-electron chi connectivity index (χ3n) is 4.80. The second-order valence-corrected chi connectivity index (χ2v) is 9.90. The zero-order valence-electron chi connectivity index (χ0n) is 17.7. The van der Waals surface area contributed by atoms with Gasteiger partial charge in [-0.2, -0.15) is 0 Å². The normalized spacial score (nSPS) is 11.9. The highest BCUT2D eigenvalue weighted by Crippen LogP contribution is 2.34. The second kappa shape index (κ2) is 8.51. The van der Waals surface area contributed by atoms with Crippen LogP contribution in [0.5, 0.6) is 5.75 Å². The van der Waals surface area contributed by atoms with Gasteiger partial charge < -0.3 is 19.7 Å². The number of aliphatic hydroxyl groups excluding tert-OH is 1. The van der Waals surface area contributed by atoms with Crippen molar-refractivity contribution in [3.8, 4) is 17.0 Å². The molecule has 0 atom stereocenters. The van der Waals surface area contributed by atoms with Gasteiger partial charge in [-0.25, -0.2) is 23.5 Å². The molecular weight excluding hydrogens is 450 g/mol. The first-order valence-corrected chi connectivity index (χ1v) is 12.2. The van der Waals surface area contributed by atoms with Crippen LogP contribution in [0.3, 0.4) is 0 Å². The number of aliphatic hydroxyl groups is 1. The Labute approximate surface area is 189 Å². The number of nitrogens with two attached hydrogens (primary N) is 1. The van der Waals surface area contributed by atoms with Crippen molar-refractivity contribution >= 4 is 43.2 Å². The Morgan fingerprint density at radius 1 is 1.22 bits per heavy atom. The molecule has 4 rings (SSSR count). The standard InChI is InChI=1S/C21H23N5O4S2/c1-12(2)30-19-7-5-14(32(22,28)29)9-16(19)24-21-25-17(11-31-21)13-4-6-18-15(8-13)23-20(10-27)26(18)3/h4-9,11-12,27H,10H2,1-3H3,(H,24,25)(H2,22,28,29). The minimum atomic E-state index is -3.86. The molecule has 0 spiro atoms. The molecule has 0 aliphatic carbocycles. The number of fused-ring (bicyclic) bond motifs is 1. The van der Waals surface area contributed by atoms with Crippen molar-refractivity contribution in [3.05, 3.63) is 47.6 Å². The summed E-state index contributed by atoms with van der Waals surface area (Å²) >= 11 is 1.37. The van der Waals surface area contributed by atoms with Gasteiger partial charge in [0.2, 0.25) is 10.0 Å². The van der Waals surface area contributed by atoms with Gasteiger partial charge in [0.15, 0.2) is 5.13 Å². The van der Waals surface area contributed by atoms with E-state index in [1.807, 2.05) is 49.0 Å². The van der Waals surface area contributed by atoms with Crippen molar-refractivity contribution in [2.75, 3.05) is 5.32 Å². The second-order valence-electron chi connectivity index (χ2n) is 7.48. The fourth-order valence-corrected chi connectivity index (χ4v) is 4.54. The van der Waals surface area contributed by atoms with Gasteiger partial charge in [0.05, 0.1) is 33.4 Å². The Morgan fingerprint density at radius 2 is 2.00 bits per heavy atom. The van der Waals surface area contributed by atoms with Crippen LogP contribution >= 0.6 is 11.3 Å². The third kappa shape index (κ3) is 4.46. The van der Waals surface area contributed by atoms with Gasteiger partial charge in [-0.15, -0.1) is 11.3 Å². The van der Waals surface area contributed by atoms with E-state index >= 15 is 0 Å². The molecule has 11 heteroatoms. The van der Waals surface area contributed by atoms with E-state index in [0.29, 0.717) is 22.4 Å². The average molecular weight is 474 g/mol. The van der Waals surface area contributed by atoms with Crippen LogP contribution in [-0.4, -0.2) is 34.2 Å². The maximum atomic E-state index is 11.8. The first-order chi connectivity index (χ1) is 15.2. The SMILES string of the molecule is CC(C)Oc1ccc(S(N)(=O)=O)cc1Nc1nc(-c2ccc3c(c2)nc(CO)n3C)cs1. The highest BCUT2D eigenvalue weighted by atomic mass is 32.2. The van der Waals surface area contributed by atoms with Crippen molar-refractivity contribution in [2.45, 2.75) is 31.5 Å². The van der Waals surface area contributed by atoms with Gasteiger partial charge in [-0.3, -0.25) is 0 Å². The predicted octanol–water partition coefficient (Wildman–Crippen LogP) is 3.37. The monoisotopic (exact) mass is 473 g/mol. The lowest BCUT2D eigenvalue weighted by molar-refractivity contribution is 0.243. The van der Waals surface area contributed by atoms with Gasteiger partial charge in [0.1, 0.15) is 18.2 Å². The topological polar surface area (TPSA) is 132 Å². The number of rotatable bonds is 7. The molecule has 0 aliphatic rings. The van der Waals surface area contributed by atoms with Gasteiger partial charge in [0.25, 0.3) is 0 Å². The molecule has 2 aromatic heterocycles. The summed E-state index contributed by atoms with van der Waals surface area (Å²) in [5.41, 5.74) is 3.76. The van der Waals surface area contributed by atoms with Gasteiger partial charge in [-0.05, 0) is 44.2 Å². The molecule has 0 saturated carbocycles. The highest BCUT2D eigenvalue weighted by Gasteiger charge is 2.16. The number of primary sulfonamides is 1. The lowest BCUT2D eigenvalue weighted by Crippen LogP contribution is -2.13. The number of hydrogen-bond acceptors (Lipinski definition) is 8. The largest absolute Gasteiger partial charge is 0.489 e. The van der Waals surface area contributed by atoms with Crippen LogP contribution in [0.1, 0.15) is 19.7 Å². The molecule has 0 amide bonds. The molecule has 0 aliphatic heterocycles. The molecule has 0 saturated heterocycles. The molecule has 2 heterocycles. The average Bonchev–Trinajstić information content (AvgIpc) is 3.32. The van der Waals surface area contributed by atoms with E-state index in [1.165, 1.54) is 23.5 Å². The maximum Gasteiger partial charge on any atom is 0.238 e. The molecule has 0 radical (unpaired) electrons. The fraction of sp³-hybridized carbons (Fsp3) is 0.238. The van der Waals surface area contributed by atoms with Crippen molar-refractivity contribution in [3.63, 3.8) is 0 Å². The Balaban J connectivity index is 1.66. The first kappa shape index (κ1) is 22.2. The quantitative estimate of drug-likeness (QED) is 0.375. The summed E-state index contributed by atoms with van der Waals surface area (Å²) in [5.74, 6) is 1.08. The van der Waals surface area contributed by atoms with Crippen LogP contribution in [0.4, 0.5) is 10.8 Å². The molecule has 32 heavy (non-hydrogen) atoms. The van der Waals surface area contributed by atoms with Crippen molar-refractivity contribution in [2.24, 2.45) is 12.2 Å². The summed E-state index contributed by atoms with van der Waals surface area (Å²) in [4.78, 5) is 9.06. The smallest absolute Gasteiger partial charge is 0.238 e. The van der Waals surface area contributed by atoms with E-state index in [-0.39, 0.29) is 17.6 Å². The van der Waals surface area contributed by atoms with Crippen LogP contribution in [0.2, 0.25) is 0 Å². The molecule has 168 valence electrons. The number of aryl methyl sites for hydroxylation is 1. The Bertz CT molecular complexity index is 1390. The number of hydrogen-bond donors (Lipinski definition) is 3. The Hall–Kier alpha value is -2.99. The number of nitrogens with zero attached hydrogens (tertiary/aromatic N) is 3. The van der Waals surface area contributed by atoms with E-state index in [9.17, 15) is 13.5 Å². The van der Waals surface area contributed by atoms with Crippen LogP contribution in [0, 0.1) is 0 Å². The van der Waals surface area contributed by atoms with Crippen LogP contribution < -0.4 is 15.2 Å². The molecule has 4 N–H and O–H groups in total. The zero-order valence-corrected chi connectivity index (χ0v) is 19.4. The van der Waals surface area contributed by atoms with E-state index < -0.39 is 10.0 Å². The van der Waals surface area contributed by atoms with E-state index in [0.717, 1.165) is 22.3 Å². The lowest BCUT2D eigenvalue weighted by atomic mass is 10.1. The summed E-state index contributed by atoms with van der Waals surface area (Å²) in [7, 11) is -2.01. The first-order valence-electron chi connectivity index (χ1n) is 9.78. The minimum absolute atomic E-state index is 0.0202. The van der Waals surface area contributed by atoms with E-state index in [4.69, 9.17) is 9.88 Å². The van der Waals surface area contributed by atoms with Gasteiger partial charge in [-0.1, -0.05) is 6.07 Å². The van der Waals surface area contributed by atoms with E-state index in [2.05, 4.69) is 15.3 Å². The Morgan fingerprint density at radius 3 is 2.69 bits per heavy atom. The van der Waals surface area contributed by atoms with Crippen molar-refractivity contribution in [1.29, 1.82) is 0 Å². The van der Waals surface area contributed by atoms with Crippen LogP contribution in [0.15, 0.2) is 46.7 Å². The summed E-state index contributed by atoms with van der Waals surface area (Å²) in [6.07, 6.45) is -0.100. The zero-order chi connectivity index (χ0) is 23.0. The van der Waals surface area contributed by atoms with Crippen molar-refractivity contribution in [1.82, 2.24) is 14.5 Å². The predicted molar refractivity (Wildman–Crippen MR) is 125 cm³/mol. The number of ether oxygens (including phenoxy) is 1. The number of benzene rings is 2. The lowest BCUT2D eigenvalue weighted by Gasteiger charge is -2.15. The molecule has 2 aromatic carbocycles. The molecule has 0 fully saturated rings. The minimum Gasteiger partial charge on any atom is -0.489 e. The van der Waals surface area contributed by atoms with Crippen molar-refractivity contribution < 1.29 is 18.3 Å². The number of nitrogens with one attached hydrogen (secondary N) is 1. The number of sulfonamides is 1.